The number of hydrogen-bond acceptors (Lipinski definition) is 3. The van der Waals surface area contributed by atoms with Crippen molar-refractivity contribution < 1.29 is 27.5 Å². The number of alkyl halides is 3. The highest BCUT2D eigenvalue weighted by atomic mass is 79.9. The van der Waals surface area contributed by atoms with Gasteiger partial charge in [-0.3, -0.25) is 9.59 Å². The van der Waals surface area contributed by atoms with Crippen molar-refractivity contribution in [2.75, 3.05) is 16.8 Å². The third kappa shape index (κ3) is 4.79. The molecule has 0 aromatic heterocycles. The van der Waals surface area contributed by atoms with Gasteiger partial charge in [0.2, 0.25) is 11.8 Å². The minimum absolute atomic E-state index is 0.121. The van der Waals surface area contributed by atoms with E-state index in [1.165, 1.54) is 17.0 Å². The molecule has 2 aromatic carbocycles. The molecule has 0 saturated carbocycles. The summed E-state index contributed by atoms with van der Waals surface area (Å²) >= 11 is 3.34. The Morgan fingerprint density at radius 2 is 1.93 bits per heavy atom. The molecule has 0 spiro atoms. The van der Waals surface area contributed by atoms with E-state index in [2.05, 4.69) is 26.0 Å². The van der Waals surface area contributed by atoms with Crippen molar-refractivity contribution in [2.24, 2.45) is 5.92 Å². The first-order valence-electron chi connectivity index (χ1n) is 7.96. The Bertz CT molecular complexity index is 873. The van der Waals surface area contributed by atoms with Gasteiger partial charge in [0, 0.05) is 28.5 Å². The molecule has 2 aromatic rings. The number of nitrogens with one attached hydrogen (secondary N) is 1. The first kappa shape index (κ1) is 19.2. The molecular weight excluding hydrogens is 429 g/mol. The van der Waals surface area contributed by atoms with Gasteiger partial charge >= 0.3 is 6.36 Å². The maximum atomic E-state index is 12.6. The van der Waals surface area contributed by atoms with Gasteiger partial charge in [-0.15, -0.1) is 13.2 Å². The molecule has 0 bridgehead atoms. The molecule has 2 amide bonds. The van der Waals surface area contributed by atoms with E-state index in [0.717, 1.165) is 16.6 Å². The lowest BCUT2D eigenvalue weighted by molar-refractivity contribution is -0.274. The molecule has 0 radical (unpaired) electrons. The highest BCUT2D eigenvalue weighted by Gasteiger charge is 2.38. The number of carbonyl (C=O) groups is 2. The first-order chi connectivity index (χ1) is 12.7. The summed E-state index contributed by atoms with van der Waals surface area (Å²) in [7, 11) is 0. The van der Waals surface area contributed by atoms with Crippen molar-refractivity contribution in [3.63, 3.8) is 0 Å². The van der Waals surface area contributed by atoms with Crippen LogP contribution >= 0.6 is 15.9 Å². The van der Waals surface area contributed by atoms with Gasteiger partial charge in [0.1, 0.15) is 11.7 Å². The fourth-order valence-corrected chi connectivity index (χ4v) is 3.21. The van der Waals surface area contributed by atoms with E-state index >= 15 is 0 Å². The average Bonchev–Trinajstić information content (AvgIpc) is 2.95. The lowest BCUT2D eigenvalue weighted by Gasteiger charge is -2.17. The molecule has 1 heterocycles. The van der Waals surface area contributed by atoms with E-state index in [0.29, 0.717) is 18.7 Å². The zero-order valence-electron chi connectivity index (χ0n) is 13.8. The number of rotatable bonds is 4. The van der Waals surface area contributed by atoms with Crippen LogP contribution in [0.4, 0.5) is 24.5 Å². The summed E-state index contributed by atoms with van der Waals surface area (Å²) in [5.41, 5.74) is 0.792. The highest BCUT2D eigenvalue weighted by molar-refractivity contribution is 9.10. The monoisotopic (exact) mass is 442 g/mol. The van der Waals surface area contributed by atoms with Gasteiger partial charge in [-0.2, -0.15) is 0 Å². The molecule has 1 aliphatic heterocycles. The van der Waals surface area contributed by atoms with Crippen LogP contribution in [0.2, 0.25) is 0 Å². The maximum absolute atomic E-state index is 12.6. The summed E-state index contributed by atoms with van der Waals surface area (Å²) < 4.78 is 41.5. The van der Waals surface area contributed by atoms with Crippen LogP contribution in [0.1, 0.15) is 6.42 Å². The van der Waals surface area contributed by atoms with Gasteiger partial charge in [0.05, 0.1) is 0 Å². The molecular formula is C18H14BrF3N2O3. The minimum atomic E-state index is -4.82. The largest absolute Gasteiger partial charge is 0.573 e. The molecule has 1 atom stereocenters. The molecule has 1 aliphatic rings. The Hall–Kier alpha value is -2.55. The normalized spacial score (nSPS) is 17.1. The molecule has 27 heavy (non-hydrogen) atoms. The molecule has 5 nitrogen and oxygen atoms in total. The number of ether oxygens (including phenoxy) is 1. The smallest absolute Gasteiger partial charge is 0.406 e. The number of benzene rings is 2. The molecule has 1 saturated heterocycles. The predicted molar refractivity (Wildman–Crippen MR) is 96.4 cm³/mol. The van der Waals surface area contributed by atoms with Crippen LogP contribution in [0, 0.1) is 5.92 Å². The van der Waals surface area contributed by atoms with Crippen molar-refractivity contribution >= 4 is 39.1 Å². The molecule has 3 rings (SSSR count). The standard InChI is InChI=1S/C18H14BrF3N2O3/c19-11-3-1-5-13(9-11)24-8-7-15(17(24)26)16(25)23-12-4-2-6-14(10-12)27-18(20,21)22/h1-6,9-10,15H,7-8H2,(H,23,25). The summed E-state index contributed by atoms with van der Waals surface area (Å²) in [5.74, 6) is -2.28. The van der Waals surface area contributed by atoms with E-state index < -0.39 is 23.9 Å². The van der Waals surface area contributed by atoms with Gasteiger partial charge in [0.15, 0.2) is 0 Å². The number of amides is 2. The summed E-state index contributed by atoms with van der Waals surface area (Å²) in [5, 5.41) is 2.48. The lowest BCUT2D eigenvalue weighted by Crippen LogP contribution is -2.33. The number of halogens is 4. The number of anilines is 2. The topological polar surface area (TPSA) is 58.6 Å². The van der Waals surface area contributed by atoms with Gasteiger partial charge in [-0.05, 0) is 36.8 Å². The second-order valence-electron chi connectivity index (χ2n) is 5.88. The second-order valence-corrected chi connectivity index (χ2v) is 6.79. The zero-order valence-corrected chi connectivity index (χ0v) is 15.4. The second kappa shape index (κ2) is 7.59. The predicted octanol–water partition coefficient (Wildman–Crippen LogP) is 4.34. The first-order valence-corrected chi connectivity index (χ1v) is 8.76. The maximum Gasteiger partial charge on any atom is 0.573 e. The van der Waals surface area contributed by atoms with Gasteiger partial charge < -0.3 is 15.0 Å². The van der Waals surface area contributed by atoms with Crippen molar-refractivity contribution in [1.82, 2.24) is 0 Å². The minimum Gasteiger partial charge on any atom is -0.406 e. The Morgan fingerprint density at radius 1 is 1.19 bits per heavy atom. The quantitative estimate of drug-likeness (QED) is 0.716. The van der Waals surface area contributed by atoms with Gasteiger partial charge in [0.25, 0.3) is 0 Å². The van der Waals surface area contributed by atoms with Crippen molar-refractivity contribution in [1.29, 1.82) is 0 Å². The lowest BCUT2D eigenvalue weighted by atomic mass is 10.1. The van der Waals surface area contributed by atoms with E-state index in [1.54, 1.807) is 18.2 Å². The fourth-order valence-electron chi connectivity index (χ4n) is 2.82. The fraction of sp³-hybridized carbons (Fsp3) is 0.222. The van der Waals surface area contributed by atoms with Crippen molar-refractivity contribution in [3.8, 4) is 5.75 Å². The summed E-state index contributed by atoms with van der Waals surface area (Å²) in [4.78, 5) is 26.5. The SMILES string of the molecule is O=C(Nc1cccc(OC(F)(F)F)c1)C1CCN(c2cccc(Br)c2)C1=O. The summed E-state index contributed by atoms with van der Waals surface area (Å²) in [6.45, 7) is 0.380. The van der Waals surface area contributed by atoms with Crippen LogP contribution in [0.5, 0.6) is 5.75 Å². The molecule has 142 valence electrons. The Balaban J connectivity index is 1.68. The van der Waals surface area contributed by atoms with Crippen molar-refractivity contribution in [3.05, 3.63) is 53.0 Å². The van der Waals surface area contributed by atoms with Crippen LogP contribution in [-0.4, -0.2) is 24.7 Å². The van der Waals surface area contributed by atoms with E-state index in [1.807, 2.05) is 6.07 Å². The molecule has 1 unspecified atom stereocenters. The van der Waals surface area contributed by atoms with Crippen molar-refractivity contribution in [2.45, 2.75) is 12.8 Å². The summed E-state index contributed by atoms with van der Waals surface area (Å²) in [6, 6.07) is 12.1. The van der Waals surface area contributed by atoms with Crippen LogP contribution in [0.25, 0.3) is 0 Å². The third-order valence-electron chi connectivity index (χ3n) is 3.98. The van der Waals surface area contributed by atoms with Crippen LogP contribution < -0.4 is 15.0 Å². The van der Waals surface area contributed by atoms with Crippen LogP contribution in [0.3, 0.4) is 0 Å². The number of carbonyl (C=O) groups excluding carboxylic acids is 2. The zero-order chi connectivity index (χ0) is 19.6. The molecule has 1 N–H and O–H groups in total. The Labute approximate surface area is 161 Å². The highest BCUT2D eigenvalue weighted by Crippen LogP contribution is 2.29. The van der Waals surface area contributed by atoms with Gasteiger partial charge in [-0.1, -0.05) is 28.1 Å². The number of hydrogen-bond donors (Lipinski definition) is 1. The molecule has 9 heteroatoms. The Morgan fingerprint density at radius 3 is 2.63 bits per heavy atom. The molecule has 0 aliphatic carbocycles. The van der Waals surface area contributed by atoms with Crippen LogP contribution in [-0.2, 0) is 9.59 Å². The van der Waals surface area contributed by atoms with E-state index in [-0.39, 0.29) is 11.6 Å². The molecule has 1 fully saturated rings. The van der Waals surface area contributed by atoms with E-state index in [9.17, 15) is 22.8 Å². The average molecular weight is 443 g/mol. The summed E-state index contributed by atoms with van der Waals surface area (Å²) in [6.07, 6.45) is -4.51. The van der Waals surface area contributed by atoms with Gasteiger partial charge in [-0.25, -0.2) is 0 Å². The van der Waals surface area contributed by atoms with Crippen LogP contribution in [0.15, 0.2) is 53.0 Å². The third-order valence-corrected chi connectivity index (χ3v) is 4.47. The Kier molecular flexibility index (Phi) is 5.41. The number of nitrogens with zero attached hydrogens (tertiary/aromatic N) is 1. The van der Waals surface area contributed by atoms with E-state index in [4.69, 9.17) is 0 Å².